The molecule has 2 heterocycles. The van der Waals surface area contributed by atoms with Gasteiger partial charge in [0.05, 0.1) is 6.54 Å². The highest BCUT2D eigenvalue weighted by atomic mass is 32.1. The van der Waals surface area contributed by atoms with Crippen molar-refractivity contribution in [3.63, 3.8) is 0 Å². The Bertz CT molecular complexity index is 1640. The SMILES string of the molecule is Cc1ccc2c(c1)C=Cc1c(ccc(C)c1C)C2c1cn(Cc2ccc(C(=O)O)o2)c(=O)[nH]c1=S. The maximum atomic E-state index is 12.8. The van der Waals surface area contributed by atoms with Crippen molar-refractivity contribution in [2.24, 2.45) is 0 Å². The molecular formula is C28H24N2O4S. The van der Waals surface area contributed by atoms with E-state index in [0.29, 0.717) is 10.4 Å². The number of benzene rings is 2. The molecule has 0 aliphatic heterocycles. The first-order valence-corrected chi connectivity index (χ1v) is 11.7. The summed E-state index contributed by atoms with van der Waals surface area (Å²) in [5, 5.41) is 9.16. The molecule has 4 aromatic rings. The molecule has 2 aromatic carbocycles. The summed E-state index contributed by atoms with van der Waals surface area (Å²) in [6.45, 7) is 6.37. The second-order valence-corrected chi connectivity index (χ2v) is 9.36. The zero-order valence-electron chi connectivity index (χ0n) is 19.6. The van der Waals surface area contributed by atoms with Gasteiger partial charge in [0.1, 0.15) is 10.4 Å². The third-order valence-electron chi connectivity index (χ3n) is 6.66. The van der Waals surface area contributed by atoms with E-state index in [1.165, 1.54) is 21.8 Å². The zero-order valence-corrected chi connectivity index (χ0v) is 20.4. The first-order chi connectivity index (χ1) is 16.7. The number of H-pyrrole nitrogens is 1. The van der Waals surface area contributed by atoms with Gasteiger partial charge in [-0.3, -0.25) is 9.55 Å². The number of carboxylic acid groups (broad SMARTS) is 1. The lowest BCUT2D eigenvalue weighted by molar-refractivity contribution is 0.0660. The van der Waals surface area contributed by atoms with E-state index in [4.69, 9.17) is 21.7 Å². The maximum absolute atomic E-state index is 12.8. The lowest BCUT2D eigenvalue weighted by Gasteiger charge is -2.23. The van der Waals surface area contributed by atoms with Crippen LogP contribution in [0, 0.1) is 25.4 Å². The number of aromatic nitrogens is 2. The van der Waals surface area contributed by atoms with Crippen LogP contribution in [0.15, 0.2) is 57.9 Å². The second kappa shape index (κ2) is 8.67. The Morgan fingerprint density at radius 1 is 1.06 bits per heavy atom. The van der Waals surface area contributed by atoms with Crippen LogP contribution in [0.4, 0.5) is 0 Å². The summed E-state index contributed by atoms with van der Waals surface area (Å²) in [5.74, 6) is -1.16. The fraction of sp³-hybridized carbons (Fsp3) is 0.179. The highest BCUT2D eigenvalue weighted by Gasteiger charge is 2.26. The van der Waals surface area contributed by atoms with Gasteiger partial charge in [0, 0.05) is 17.7 Å². The van der Waals surface area contributed by atoms with Crippen molar-refractivity contribution in [3.8, 4) is 0 Å². The minimum Gasteiger partial charge on any atom is -0.475 e. The van der Waals surface area contributed by atoms with E-state index >= 15 is 0 Å². The molecule has 5 rings (SSSR count). The lowest BCUT2D eigenvalue weighted by Crippen LogP contribution is -2.25. The van der Waals surface area contributed by atoms with Gasteiger partial charge in [0.2, 0.25) is 5.76 Å². The van der Waals surface area contributed by atoms with Crippen LogP contribution in [0.25, 0.3) is 12.2 Å². The maximum Gasteiger partial charge on any atom is 0.371 e. The summed E-state index contributed by atoms with van der Waals surface area (Å²) < 4.78 is 7.23. The first kappa shape index (κ1) is 22.8. The number of hydrogen-bond donors (Lipinski definition) is 2. The molecule has 0 saturated carbocycles. The standard InChI is InChI=1S/C28H24N2O4S/c1-15-4-8-21-18(12-15)6-10-20-17(3)16(2)5-9-22(20)25(21)23-14-30(28(33)29-26(23)35)13-19-7-11-24(34-19)27(31)32/h4-12,14,25H,13H2,1-3H3,(H,31,32)(H,29,33,35). The van der Waals surface area contributed by atoms with E-state index < -0.39 is 5.97 Å². The zero-order chi connectivity index (χ0) is 24.9. The average Bonchev–Trinajstić information content (AvgIpc) is 3.22. The number of aryl methyl sites for hydroxylation is 2. The molecule has 176 valence electrons. The van der Waals surface area contributed by atoms with Crippen molar-refractivity contribution in [2.75, 3.05) is 0 Å². The fourth-order valence-electron chi connectivity index (χ4n) is 4.70. The summed E-state index contributed by atoms with van der Waals surface area (Å²) in [5.41, 5.74) is 8.44. The van der Waals surface area contributed by atoms with Crippen molar-refractivity contribution >= 4 is 30.3 Å². The van der Waals surface area contributed by atoms with Crippen LogP contribution in [0.5, 0.6) is 0 Å². The molecule has 1 aliphatic carbocycles. The summed E-state index contributed by atoms with van der Waals surface area (Å²) in [4.78, 5) is 26.8. The van der Waals surface area contributed by atoms with E-state index in [1.54, 1.807) is 12.3 Å². The van der Waals surface area contributed by atoms with Gasteiger partial charge in [-0.2, -0.15) is 0 Å². The molecule has 0 radical (unpaired) electrons. The number of aromatic amines is 1. The van der Waals surface area contributed by atoms with Gasteiger partial charge in [-0.1, -0.05) is 60.3 Å². The van der Waals surface area contributed by atoms with E-state index in [2.05, 4.69) is 68.2 Å². The van der Waals surface area contributed by atoms with Gasteiger partial charge < -0.3 is 9.52 Å². The Kier molecular flexibility index (Phi) is 5.65. The highest BCUT2D eigenvalue weighted by Crippen LogP contribution is 2.41. The Morgan fingerprint density at radius 2 is 1.83 bits per heavy atom. The van der Waals surface area contributed by atoms with Gasteiger partial charge in [-0.05, 0) is 66.3 Å². The van der Waals surface area contributed by atoms with Gasteiger partial charge in [0.15, 0.2) is 0 Å². The van der Waals surface area contributed by atoms with Crippen LogP contribution < -0.4 is 5.69 Å². The molecule has 1 aliphatic rings. The molecule has 7 heteroatoms. The number of carbonyl (C=O) groups is 1. The quantitative estimate of drug-likeness (QED) is 0.313. The van der Waals surface area contributed by atoms with Crippen LogP contribution in [-0.4, -0.2) is 20.6 Å². The summed E-state index contributed by atoms with van der Waals surface area (Å²) in [6, 6.07) is 13.6. The number of rotatable bonds is 4. The molecule has 1 atom stereocenters. The van der Waals surface area contributed by atoms with Gasteiger partial charge in [0.25, 0.3) is 0 Å². The number of nitrogens with one attached hydrogen (secondary N) is 1. The molecule has 0 amide bonds. The van der Waals surface area contributed by atoms with Crippen LogP contribution in [-0.2, 0) is 6.54 Å². The number of furan rings is 1. The highest BCUT2D eigenvalue weighted by molar-refractivity contribution is 7.71. The number of nitrogens with zero attached hydrogens (tertiary/aromatic N) is 1. The number of fused-ring (bicyclic) bond motifs is 2. The Morgan fingerprint density at radius 3 is 2.57 bits per heavy atom. The average molecular weight is 485 g/mol. The van der Waals surface area contributed by atoms with Gasteiger partial charge >= 0.3 is 11.7 Å². The topological polar surface area (TPSA) is 88.2 Å². The molecule has 0 fully saturated rings. The first-order valence-electron chi connectivity index (χ1n) is 11.3. The minimum atomic E-state index is -1.16. The van der Waals surface area contributed by atoms with Crippen LogP contribution in [0.1, 0.15) is 66.7 Å². The molecule has 1 unspecified atom stereocenters. The van der Waals surface area contributed by atoms with Crippen molar-refractivity contribution in [2.45, 2.75) is 33.2 Å². The molecule has 6 nitrogen and oxygen atoms in total. The second-order valence-electron chi connectivity index (χ2n) is 8.95. The van der Waals surface area contributed by atoms with Gasteiger partial charge in [-0.15, -0.1) is 0 Å². The monoisotopic (exact) mass is 484 g/mol. The molecule has 0 spiro atoms. The normalized spacial score (nSPS) is 14.3. The van der Waals surface area contributed by atoms with E-state index in [-0.39, 0.29) is 23.9 Å². The molecule has 2 N–H and O–H groups in total. The smallest absolute Gasteiger partial charge is 0.371 e. The molecule has 2 aromatic heterocycles. The Labute approximate surface area is 207 Å². The molecule has 35 heavy (non-hydrogen) atoms. The van der Waals surface area contributed by atoms with E-state index in [9.17, 15) is 9.59 Å². The largest absolute Gasteiger partial charge is 0.475 e. The molecule has 0 saturated heterocycles. The molecule has 0 bridgehead atoms. The third kappa shape index (κ3) is 4.08. The fourth-order valence-corrected chi connectivity index (χ4v) is 4.96. The van der Waals surface area contributed by atoms with E-state index in [0.717, 1.165) is 33.4 Å². The van der Waals surface area contributed by atoms with Crippen LogP contribution >= 0.6 is 12.2 Å². The predicted octanol–water partition coefficient (Wildman–Crippen LogP) is 5.83. The predicted molar refractivity (Wildman–Crippen MR) is 138 cm³/mol. The molecular weight excluding hydrogens is 460 g/mol. The summed E-state index contributed by atoms with van der Waals surface area (Å²) >= 11 is 5.68. The van der Waals surface area contributed by atoms with E-state index in [1.807, 2.05) is 0 Å². The Hall–Kier alpha value is -3.97. The van der Waals surface area contributed by atoms with Crippen molar-refractivity contribution in [1.29, 1.82) is 0 Å². The van der Waals surface area contributed by atoms with Crippen LogP contribution in [0.2, 0.25) is 0 Å². The number of carboxylic acids is 1. The van der Waals surface area contributed by atoms with Crippen molar-refractivity contribution in [1.82, 2.24) is 9.55 Å². The summed E-state index contributed by atoms with van der Waals surface area (Å²) in [7, 11) is 0. The van der Waals surface area contributed by atoms with Crippen molar-refractivity contribution < 1.29 is 14.3 Å². The minimum absolute atomic E-state index is 0.0801. The van der Waals surface area contributed by atoms with Crippen LogP contribution in [0.3, 0.4) is 0 Å². The number of hydrogen-bond acceptors (Lipinski definition) is 4. The lowest BCUT2D eigenvalue weighted by atomic mass is 9.81. The van der Waals surface area contributed by atoms with Crippen molar-refractivity contribution in [3.05, 3.63) is 120 Å². The third-order valence-corrected chi connectivity index (χ3v) is 7.00. The summed E-state index contributed by atoms with van der Waals surface area (Å²) in [6.07, 6.45) is 6.07. The Balaban J connectivity index is 1.72. The number of aromatic carboxylic acids is 1. The van der Waals surface area contributed by atoms with Gasteiger partial charge in [-0.25, -0.2) is 9.59 Å².